The molecule has 1 unspecified atom stereocenters. The first-order valence-corrected chi connectivity index (χ1v) is 9.71. The molecule has 1 aromatic rings. The summed E-state index contributed by atoms with van der Waals surface area (Å²) >= 11 is 0. The Morgan fingerprint density at radius 2 is 2.00 bits per heavy atom. The first-order valence-electron chi connectivity index (χ1n) is 9.71. The van der Waals surface area contributed by atoms with E-state index < -0.39 is 0 Å². The van der Waals surface area contributed by atoms with Crippen molar-refractivity contribution in [3.63, 3.8) is 0 Å². The number of hydrogen-bond acceptors (Lipinski definition) is 4. The molecule has 2 aliphatic heterocycles. The van der Waals surface area contributed by atoms with Crippen LogP contribution < -0.4 is 10.1 Å². The zero-order valence-corrected chi connectivity index (χ0v) is 15.4. The minimum Gasteiger partial charge on any atom is -0.483 e. The second-order valence-corrected chi connectivity index (χ2v) is 7.04. The molecule has 5 nitrogen and oxygen atoms in total. The van der Waals surface area contributed by atoms with Gasteiger partial charge in [0.1, 0.15) is 5.75 Å². The Morgan fingerprint density at radius 1 is 1.20 bits per heavy atom. The van der Waals surface area contributed by atoms with Gasteiger partial charge in [-0.3, -0.25) is 9.69 Å². The average molecular weight is 345 g/mol. The van der Waals surface area contributed by atoms with Crippen molar-refractivity contribution in [2.24, 2.45) is 0 Å². The van der Waals surface area contributed by atoms with E-state index in [4.69, 9.17) is 4.74 Å². The van der Waals surface area contributed by atoms with Crippen molar-refractivity contribution < 1.29 is 9.53 Å². The summed E-state index contributed by atoms with van der Waals surface area (Å²) in [6.07, 6.45) is 4.81. The van der Waals surface area contributed by atoms with Gasteiger partial charge in [0.2, 0.25) is 0 Å². The molecule has 0 bridgehead atoms. The number of hydrogen-bond donors (Lipinski definition) is 1. The third kappa shape index (κ3) is 4.95. The molecule has 0 aromatic heterocycles. The quantitative estimate of drug-likeness (QED) is 0.785. The molecule has 1 aromatic carbocycles. The van der Waals surface area contributed by atoms with E-state index in [0.29, 0.717) is 6.04 Å². The number of ether oxygens (including phenoxy) is 1. The molecular weight excluding hydrogens is 314 g/mol. The van der Waals surface area contributed by atoms with Gasteiger partial charge in [0.25, 0.3) is 5.91 Å². The van der Waals surface area contributed by atoms with Gasteiger partial charge in [-0.2, -0.15) is 0 Å². The van der Waals surface area contributed by atoms with Crippen LogP contribution in [0.2, 0.25) is 0 Å². The molecule has 0 radical (unpaired) electrons. The first kappa shape index (κ1) is 18.2. The molecule has 1 N–H and O–H groups in total. The molecule has 0 saturated carbocycles. The smallest absolute Gasteiger partial charge is 0.260 e. The van der Waals surface area contributed by atoms with E-state index in [1.165, 1.54) is 19.4 Å². The molecular formula is C20H31N3O2. The number of nitrogens with zero attached hydrogens (tertiary/aromatic N) is 2. The molecule has 0 aliphatic carbocycles. The molecule has 0 spiro atoms. The minimum atomic E-state index is 0.102. The van der Waals surface area contributed by atoms with Gasteiger partial charge in [-0.25, -0.2) is 0 Å². The van der Waals surface area contributed by atoms with Gasteiger partial charge in [0.05, 0.1) is 0 Å². The van der Waals surface area contributed by atoms with Gasteiger partial charge in [0, 0.05) is 37.8 Å². The van der Waals surface area contributed by atoms with Crippen LogP contribution in [0.4, 0.5) is 0 Å². The summed E-state index contributed by atoms with van der Waals surface area (Å²) in [5.74, 6) is 0.922. The number of nitrogens with one attached hydrogen (secondary N) is 1. The number of likely N-dealkylation sites (N-methyl/N-ethyl adjacent to an activating group) is 1. The van der Waals surface area contributed by atoms with Gasteiger partial charge < -0.3 is 15.0 Å². The number of amides is 1. The zero-order valence-electron chi connectivity index (χ0n) is 15.4. The Labute approximate surface area is 151 Å². The maximum absolute atomic E-state index is 12.2. The summed E-state index contributed by atoms with van der Waals surface area (Å²) in [6, 6.07) is 8.68. The van der Waals surface area contributed by atoms with E-state index in [1.54, 1.807) is 0 Å². The molecule has 5 heteroatoms. The lowest BCUT2D eigenvalue weighted by atomic mass is 10.2. The summed E-state index contributed by atoms with van der Waals surface area (Å²) in [5.41, 5.74) is 1.12. The Balaban J connectivity index is 1.47. The monoisotopic (exact) mass is 345 g/mol. The average Bonchev–Trinajstić information content (AvgIpc) is 3.32. The Morgan fingerprint density at radius 3 is 2.80 bits per heavy atom. The predicted molar refractivity (Wildman–Crippen MR) is 99.7 cm³/mol. The third-order valence-electron chi connectivity index (χ3n) is 5.38. The molecule has 3 rings (SSSR count). The first-order chi connectivity index (χ1) is 12.3. The highest BCUT2D eigenvalue weighted by Gasteiger charge is 2.22. The number of carbonyl (C=O) groups is 1. The molecule has 2 saturated heterocycles. The van der Waals surface area contributed by atoms with Crippen LogP contribution in [-0.4, -0.2) is 61.1 Å². The second kappa shape index (κ2) is 9.20. The van der Waals surface area contributed by atoms with Crippen molar-refractivity contribution in [1.82, 2.24) is 15.1 Å². The molecule has 2 aliphatic rings. The fraction of sp³-hybridized carbons (Fsp3) is 0.650. The van der Waals surface area contributed by atoms with Crippen LogP contribution in [-0.2, 0) is 11.3 Å². The van der Waals surface area contributed by atoms with Gasteiger partial charge in [-0.1, -0.05) is 25.1 Å². The number of carbonyl (C=O) groups excluding carboxylic acids is 1. The van der Waals surface area contributed by atoms with Gasteiger partial charge in [-0.05, 0) is 44.8 Å². The van der Waals surface area contributed by atoms with Gasteiger partial charge in [-0.15, -0.1) is 0 Å². The third-order valence-corrected chi connectivity index (χ3v) is 5.38. The van der Waals surface area contributed by atoms with Crippen molar-refractivity contribution in [3.05, 3.63) is 29.8 Å². The summed E-state index contributed by atoms with van der Waals surface area (Å²) in [7, 11) is 0. The number of rotatable bonds is 8. The lowest BCUT2D eigenvalue weighted by Gasteiger charge is -2.23. The normalized spacial score (nSPS) is 21.0. The Kier molecular flexibility index (Phi) is 6.70. The number of benzene rings is 1. The van der Waals surface area contributed by atoms with E-state index in [0.717, 1.165) is 56.9 Å². The van der Waals surface area contributed by atoms with Crippen molar-refractivity contribution in [1.29, 1.82) is 0 Å². The molecule has 138 valence electrons. The fourth-order valence-corrected chi connectivity index (χ4v) is 3.90. The maximum atomic E-state index is 12.2. The van der Waals surface area contributed by atoms with Crippen molar-refractivity contribution in [2.45, 2.75) is 45.2 Å². The van der Waals surface area contributed by atoms with Gasteiger partial charge in [0.15, 0.2) is 6.61 Å². The van der Waals surface area contributed by atoms with Crippen molar-refractivity contribution in [2.75, 3.05) is 39.3 Å². The van der Waals surface area contributed by atoms with Crippen molar-refractivity contribution in [3.8, 4) is 5.75 Å². The zero-order chi connectivity index (χ0) is 17.5. The van der Waals surface area contributed by atoms with E-state index in [9.17, 15) is 4.79 Å². The van der Waals surface area contributed by atoms with Crippen LogP contribution in [0.15, 0.2) is 24.3 Å². The molecule has 2 heterocycles. The standard InChI is InChI=1S/C20H31N3O2/c1-2-22-13-7-9-18(22)15-21-14-17-8-3-4-10-19(17)25-16-20(24)23-11-5-6-12-23/h3-4,8,10,18,21H,2,5-7,9,11-16H2,1H3. The van der Waals surface area contributed by atoms with Crippen LogP contribution in [0.5, 0.6) is 5.75 Å². The highest BCUT2D eigenvalue weighted by molar-refractivity contribution is 5.78. The minimum absolute atomic E-state index is 0.102. The van der Waals surface area contributed by atoms with Crippen LogP contribution in [0.3, 0.4) is 0 Å². The van der Waals surface area contributed by atoms with Crippen LogP contribution in [0, 0.1) is 0 Å². The molecule has 1 amide bonds. The Bertz CT molecular complexity index is 558. The number of likely N-dealkylation sites (tertiary alicyclic amines) is 2. The van der Waals surface area contributed by atoms with E-state index in [2.05, 4.69) is 23.2 Å². The molecule has 25 heavy (non-hydrogen) atoms. The molecule has 1 atom stereocenters. The van der Waals surface area contributed by atoms with Crippen LogP contribution >= 0.6 is 0 Å². The lowest BCUT2D eigenvalue weighted by Crippen LogP contribution is -2.37. The van der Waals surface area contributed by atoms with Crippen LogP contribution in [0.1, 0.15) is 38.2 Å². The Hall–Kier alpha value is -1.59. The second-order valence-electron chi connectivity index (χ2n) is 7.04. The lowest BCUT2D eigenvalue weighted by molar-refractivity contribution is -0.132. The highest BCUT2D eigenvalue weighted by Crippen LogP contribution is 2.19. The molecule has 2 fully saturated rings. The summed E-state index contributed by atoms with van der Waals surface area (Å²) in [5, 5.41) is 3.57. The largest absolute Gasteiger partial charge is 0.483 e. The maximum Gasteiger partial charge on any atom is 0.260 e. The summed E-state index contributed by atoms with van der Waals surface area (Å²) < 4.78 is 5.83. The SMILES string of the molecule is CCN1CCCC1CNCc1ccccc1OCC(=O)N1CCCC1. The van der Waals surface area contributed by atoms with E-state index in [-0.39, 0.29) is 12.5 Å². The highest BCUT2D eigenvalue weighted by atomic mass is 16.5. The topological polar surface area (TPSA) is 44.8 Å². The van der Waals surface area contributed by atoms with E-state index in [1.807, 2.05) is 23.1 Å². The summed E-state index contributed by atoms with van der Waals surface area (Å²) in [6.45, 7) is 8.27. The van der Waals surface area contributed by atoms with Crippen molar-refractivity contribution >= 4 is 5.91 Å². The summed E-state index contributed by atoms with van der Waals surface area (Å²) in [4.78, 5) is 16.6. The van der Waals surface area contributed by atoms with E-state index >= 15 is 0 Å². The fourth-order valence-electron chi connectivity index (χ4n) is 3.90. The van der Waals surface area contributed by atoms with Crippen LogP contribution in [0.25, 0.3) is 0 Å². The number of para-hydroxylation sites is 1. The predicted octanol–water partition coefficient (Wildman–Crippen LogP) is 2.26. The van der Waals surface area contributed by atoms with Gasteiger partial charge >= 0.3 is 0 Å².